The molecule has 0 radical (unpaired) electrons. The number of nitrogens with two attached hydrogens (primary N) is 1. The average Bonchev–Trinajstić information content (AvgIpc) is 2.34. The maximum absolute atomic E-state index is 13.0. The molecule has 94 valence electrons. The molecular weight excluding hydrogens is 321 g/mol. The third-order valence-electron chi connectivity index (χ3n) is 2.79. The first-order chi connectivity index (χ1) is 8.16. The Labute approximate surface area is 118 Å². The van der Waals surface area contributed by atoms with Crippen LogP contribution in [0.3, 0.4) is 0 Å². The van der Waals surface area contributed by atoms with E-state index in [0.29, 0.717) is 5.25 Å². The Morgan fingerprint density at radius 2 is 2.29 bits per heavy atom. The van der Waals surface area contributed by atoms with Crippen LogP contribution in [-0.2, 0) is 6.42 Å². The summed E-state index contributed by atoms with van der Waals surface area (Å²) in [4.78, 5) is 0. The molecule has 1 aromatic carbocycles. The molecular formula is C12H15BrFNS2. The molecule has 0 bridgehead atoms. The van der Waals surface area contributed by atoms with Crippen molar-refractivity contribution < 1.29 is 4.39 Å². The van der Waals surface area contributed by atoms with E-state index in [9.17, 15) is 4.39 Å². The fourth-order valence-electron chi connectivity index (χ4n) is 1.83. The van der Waals surface area contributed by atoms with Gasteiger partial charge >= 0.3 is 0 Å². The van der Waals surface area contributed by atoms with Crippen LogP contribution < -0.4 is 5.73 Å². The summed E-state index contributed by atoms with van der Waals surface area (Å²) in [6, 6.07) is 4.97. The van der Waals surface area contributed by atoms with Gasteiger partial charge in [0.05, 0.1) is 0 Å². The van der Waals surface area contributed by atoms with Crippen molar-refractivity contribution in [3.63, 3.8) is 0 Å². The second kappa shape index (κ2) is 6.45. The van der Waals surface area contributed by atoms with E-state index < -0.39 is 0 Å². The highest BCUT2D eigenvalue weighted by atomic mass is 79.9. The lowest BCUT2D eigenvalue weighted by atomic mass is 10.0. The van der Waals surface area contributed by atoms with Crippen molar-refractivity contribution >= 4 is 39.5 Å². The molecule has 2 rings (SSSR count). The van der Waals surface area contributed by atoms with Crippen LogP contribution in [0, 0.1) is 5.82 Å². The second-order valence-corrected chi connectivity index (χ2v) is 7.44. The minimum atomic E-state index is -0.211. The topological polar surface area (TPSA) is 26.0 Å². The summed E-state index contributed by atoms with van der Waals surface area (Å²) in [6.45, 7) is 0. The van der Waals surface area contributed by atoms with Crippen molar-refractivity contribution in [1.29, 1.82) is 0 Å². The molecule has 1 aliphatic heterocycles. The minimum absolute atomic E-state index is 0.148. The maximum Gasteiger partial charge on any atom is 0.124 e. The molecule has 2 N–H and O–H groups in total. The van der Waals surface area contributed by atoms with Gasteiger partial charge in [-0.3, -0.25) is 0 Å². The minimum Gasteiger partial charge on any atom is -0.326 e. The molecule has 1 aromatic rings. The van der Waals surface area contributed by atoms with E-state index in [1.807, 2.05) is 29.6 Å². The van der Waals surface area contributed by atoms with E-state index in [2.05, 4.69) is 15.9 Å². The zero-order chi connectivity index (χ0) is 12.3. The predicted molar refractivity (Wildman–Crippen MR) is 79.4 cm³/mol. The van der Waals surface area contributed by atoms with E-state index in [0.717, 1.165) is 22.2 Å². The van der Waals surface area contributed by atoms with Crippen molar-refractivity contribution in [1.82, 2.24) is 0 Å². The van der Waals surface area contributed by atoms with Gasteiger partial charge in [0.2, 0.25) is 0 Å². The fraction of sp³-hybridized carbons (Fsp3) is 0.500. The number of rotatable bonds is 3. The van der Waals surface area contributed by atoms with Crippen LogP contribution in [0.25, 0.3) is 0 Å². The predicted octanol–water partition coefficient (Wildman–Crippen LogP) is 3.31. The largest absolute Gasteiger partial charge is 0.326 e. The first kappa shape index (κ1) is 13.7. The SMILES string of the molecule is NC(Cc1ccc(F)cc1Br)C1CSCCS1. The number of benzene rings is 1. The summed E-state index contributed by atoms with van der Waals surface area (Å²) in [5.74, 6) is 3.34. The Kier molecular flexibility index (Phi) is 5.21. The molecule has 1 aliphatic rings. The third-order valence-corrected chi connectivity index (χ3v) is 6.47. The third kappa shape index (κ3) is 3.88. The lowest BCUT2D eigenvalue weighted by Crippen LogP contribution is -2.38. The van der Waals surface area contributed by atoms with Crippen LogP contribution >= 0.6 is 39.5 Å². The molecule has 0 aromatic heterocycles. The number of halogens is 2. The van der Waals surface area contributed by atoms with E-state index in [4.69, 9.17) is 5.73 Å². The van der Waals surface area contributed by atoms with Gasteiger partial charge in [-0.2, -0.15) is 23.5 Å². The monoisotopic (exact) mass is 335 g/mol. The van der Waals surface area contributed by atoms with Crippen LogP contribution in [0.15, 0.2) is 22.7 Å². The van der Waals surface area contributed by atoms with E-state index in [-0.39, 0.29) is 11.9 Å². The van der Waals surface area contributed by atoms with Crippen LogP contribution in [0.1, 0.15) is 5.56 Å². The van der Waals surface area contributed by atoms with Crippen LogP contribution in [0.5, 0.6) is 0 Å². The molecule has 2 atom stereocenters. The number of hydrogen-bond donors (Lipinski definition) is 1. The van der Waals surface area contributed by atoms with Crippen molar-refractivity contribution in [2.24, 2.45) is 5.73 Å². The number of thioether (sulfide) groups is 2. The smallest absolute Gasteiger partial charge is 0.124 e. The van der Waals surface area contributed by atoms with E-state index in [1.54, 1.807) is 0 Å². The summed E-state index contributed by atoms with van der Waals surface area (Å²) in [5, 5.41) is 0.519. The van der Waals surface area contributed by atoms with Crippen molar-refractivity contribution in [2.75, 3.05) is 17.3 Å². The normalized spacial score (nSPS) is 22.4. The molecule has 1 saturated heterocycles. The molecule has 0 aliphatic carbocycles. The van der Waals surface area contributed by atoms with Gasteiger partial charge in [0, 0.05) is 33.0 Å². The quantitative estimate of drug-likeness (QED) is 0.917. The van der Waals surface area contributed by atoms with Gasteiger partial charge in [-0.15, -0.1) is 0 Å². The van der Waals surface area contributed by atoms with Gasteiger partial charge in [0.1, 0.15) is 5.82 Å². The molecule has 1 fully saturated rings. The van der Waals surface area contributed by atoms with E-state index in [1.165, 1.54) is 23.6 Å². The molecule has 1 heterocycles. The average molecular weight is 336 g/mol. The fourth-order valence-corrected chi connectivity index (χ4v) is 5.16. The lowest BCUT2D eigenvalue weighted by molar-refractivity contribution is 0.622. The Morgan fingerprint density at radius 3 is 2.94 bits per heavy atom. The van der Waals surface area contributed by atoms with Gasteiger partial charge in [-0.25, -0.2) is 4.39 Å². The maximum atomic E-state index is 13.0. The highest BCUT2D eigenvalue weighted by Crippen LogP contribution is 2.28. The Balaban J connectivity index is 1.99. The molecule has 0 spiro atoms. The van der Waals surface area contributed by atoms with Crippen molar-refractivity contribution in [3.8, 4) is 0 Å². The summed E-state index contributed by atoms with van der Waals surface area (Å²) >= 11 is 7.33. The van der Waals surface area contributed by atoms with E-state index >= 15 is 0 Å². The summed E-state index contributed by atoms with van der Waals surface area (Å²) < 4.78 is 13.8. The van der Waals surface area contributed by atoms with Crippen LogP contribution in [-0.4, -0.2) is 28.6 Å². The Morgan fingerprint density at radius 1 is 1.47 bits per heavy atom. The molecule has 17 heavy (non-hydrogen) atoms. The second-order valence-electron chi connectivity index (χ2n) is 4.09. The lowest BCUT2D eigenvalue weighted by Gasteiger charge is -2.27. The Hall–Kier alpha value is 0.290. The van der Waals surface area contributed by atoms with Gasteiger partial charge in [-0.05, 0) is 24.1 Å². The Bertz CT molecular complexity index is 383. The molecule has 0 amide bonds. The molecule has 0 saturated carbocycles. The van der Waals surface area contributed by atoms with Gasteiger partial charge in [0.25, 0.3) is 0 Å². The molecule has 2 unspecified atom stereocenters. The van der Waals surface area contributed by atoms with Crippen molar-refractivity contribution in [3.05, 3.63) is 34.1 Å². The van der Waals surface area contributed by atoms with Gasteiger partial charge < -0.3 is 5.73 Å². The first-order valence-corrected chi connectivity index (χ1v) is 8.55. The summed E-state index contributed by atoms with van der Waals surface area (Å²) in [5.41, 5.74) is 7.33. The molecule has 5 heteroatoms. The number of hydrogen-bond acceptors (Lipinski definition) is 3. The summed E-state index contributed by atoms with van der Waals surface area (Å²) in [6.07, 6.45) is 0.805. The summed E-state index contributed by atoms with van der Waals surface area (Å²) in [7, 11) is 0. The van der Waals surface area contributed by atoms with Gasteiger partial charge in [0.15, 0.2) is 0 Å². The van der Waals surface area contributed by atoms with Crippen molar-refractivity contribution in [2.45, 2.75) is 17.7 Å². The highest BCUT2D eigenvalue weighted by molar-refractivity contribution is 9.10. The standard InChI is InChI=1S/C12H15BrFNS2/c13-10-6-9(14)2-1-8(10)5-11(15)12-7-16-3-4-17-12/h1-2,6,11-12H,3-5,7,15H2. The van der Waals surface area contributed by atoms with Crippen LogP contribution in [0.4, 0.5) is 4.39 Å². The molecule has 1 nitrogen and oxygen atoms in total. The zero-order valence-corrected chi connectivity index (χ0v) is 12.6. The zero-order valence-electron chi connectivity index (χ0n) is 9.36. The highest BCUT2D eigenvalue weighted by Gasteiger charge is 2.22. The van der Waals surface area contributed by atoms with Gasteiger partial charge in [-0.1, -0.05) is 22.0 Å². The first-order valence-electron chi connectivity index (χ1n) is 5.55. The van der Waals surface area contributed by atoms with Crippen LogP contribution in [0.2, 0.25) is 0 Å².